The van der Waals surface area contributed by atoms with Gasteiger partial charge in [-0.15, -0.1) is 11.3 Å². The molecule has 0 fully saturated rings. The van der Waals surface area contributed by atoms with E-state index in [0.717, 1.165) is 23.9 Å². The molecule has 0 saturated heterocycles. The van der Waals surface area contributed by atoms with Crippen LogP contribution >= 0.6 is 43.2 Å². The van der Waals surface area contributed by atoms with Crippen molar-refractivity contribution >= 4 is 43.2 Å². The summed E-state index contributed by atoms with van der Waals surface area (Å²) in [6.45, 7) is 3.14. The molecule has 0 spiro atoms. The SMILES string of the molecule is CCNC(CCc1cccs1)c1cc(Br)ccc1Br. The molecule has 0 amide bonds. The van der Waals surface area contributed by atoms with Crippen LogP contribution in [0, 0.1) is 0 Å². The highest BCUT2D eigenvalue weighted by atomic mass is 79.9. The lowest BCUT2D eigenvalue weighted by molar-refractivity contribution is 0.515. The van der Waals surface area contributed by atoms with Crippen LogP contribution in [0.3, 0.4) is 0 Å². The number of halogens is 2. The van der Waals surface area contributed by atoms with Gasteiger partial charge in [0.05, 0.1) is 0 Å². The Hall–Kier alpha value is -0.160. The third-order valence-corrected chi connectivity index (χ3v) is 5.20. The number of aryl methyl sites for hydroxylation is 1. The van der Waals surface area contributed by atoms with Crippen LogP contribution in [0.2, 0.25) is 0 Å². The fourth-order valence-corrected chi connectivity index (χ4v) is 3.76. The molecule has 1 atom stereocenters. The summed E-state index contributed by atoms with van der Waals surface area (Å²) in [6.07, 6.45) is 2.23. The Morgan fingerprint density at radius 2 is 2.11 bits per heavy atom. The van der Waals surface area contributed by atoms with E-state index in [1.54, 1.807) is 0 Å². The van der Waals surface area contributed by atoms with Crippen molar-refractivity contribution in [3.8, 4) is 0 Å². The lowest BCUT2D eigenvalue weighted by Crippen LogP contribution is -2.21. The van der Waals surface area contributed by atoms with Gasteiger partial charge in [-0.2, -0.15) is 0 Å². The molecule has 0 bridgehead atoms. The zero-order valence-corrected chi connectivity index (χ0v) is 14.8. The van der Waals surface area contributed by atoms with Gasteiger partial charge in [0.1, 0.15) is 0 Å². The maximum absolute atomic E-state index is 3.66. The summed E-state index contributed by atoms with van der Waals surface area (Å²) in [7, 11) is 0. The van der Waals surface area contributed by atoms with E-state index in [1.807, 2.05) is 11.3 Å². The molecule has 2 aromatic rings. The molecule has 1 aromatic carbocycles. The fourth-order valence-electron chi connectivity index (χ4n) is 2.14. The molecule has 102 valence electrons. The molecule has 0 radical (unpaired) electrons. The number of nitrogens with one attached hydrogen (secondary N) is 1. The Labute approximate surface area is 135 Å². The molecule has 1 nitrogen and oxygen atoms in total. The summed E-state index contributed by atoms with van der Waals surface area (Å²) in [6, 6.07) is 11.1. The molecule has 0 aliphatic carbocycles. The van der Waals surface area contributed by atoms with Gasteiger partial charge < -0.3 is 5.32 Å². The van der Waals surface area contributed by atoms with Crippen LogP contribution < -0.4 is 5.32 Å². The van der Waals surface area contributed by atoms with E-state index in [0.29, 0.717) is 6.04 Å². The Morgan fingerprint density at radius 3 is 2.79 bits per heavy atom. The van der Waals surface area contributed by atoms with E-state index < -0.39 is 0 Å². The van der Waals surface area contributed by atoms with Crippen LogP contribution in [-0.2, 0) is 6.42 Å². The molecular weight excluding hydrogens is 386 g/mol. The zero-order chi connectivity index (χ0) is 13.7. The largest absolute Gasteiger partial charge is 0.310 e. The van der Waals surface area contributed by atoms with Crippen LogP contribution in [0.1, 0.15) is 29.8 Å². The third-order valence-electron chi connectivity index (χ3n) is 3.04. The first-order valence-electron chi connectivity index (χ1n) is 6.41. The number of hydrogen-bond acceptors (Lipinski definition) is 2. The van der Waals surface area contributed by atoms with E-state index in [-0.39, 0.29) is 0 Å². The van der Waals surface area contributed by atoms with Crippen molar-refractivity contribution < 1.29 is 0 Å². The molecule has 1 N–H and O–H groups in total. The van der Waals surface area contributed by atoms with Gasteiger partial charge in [-0.25, -0.2) is 0 Å². The predicted molar refractivity (Wildman–Crippen MR) is 90.9 cm³/mol. The van der Waals surface area contributed by atoms with Crippen molar-refractivity contribution in [3.63, 3.8) is 0 Å². The second kappa shape index (κ2) is 7.58. The van der Waals surface area contributed by atoms with Gasteiger partial charge in [-0.1, -0.05) is 44.8 Å². The second-order valence-electron chi connectivity index (χ2n) is 4.39. The minimum atomic E-state index is 0.388. The monoisotopic (exact) mass is 401 g/mol. The Balaban J connectivity index is 2.12. The summed E-state index contributed by atoms with van der Waals surface area (Å²) in [5, 5.41) is 5.73. The average Bonchev–Trinajstić information content (AvgIpc) is 2.91. The van der Waals surface area contributed by atoms with Crippen molar-refractivity contribution in [1.29, 1.82) is 0 Å². The first kappa shape index (κ1) is 15.2. The summed E-state index contributed by atoms with van der Waals surface area (Å²) in [5.74, 6) is 0. The van der Waals surface area contributed by atoms with Crippen LogP contribution in [0.25, 0.3) is 0 Å². The molecule has 2 rings (SSSR count). The van der Waals surface area contributed by atoms with E-state index in [1.165, 1.54) is 14.9 Å². The van der Waals surface area contributed by atoms with Crippen LogP contribution in [0.15, 0.2) is 44.7 Å². The Bertz CT molecular complexity index is 511. The fraction of sp³-hybridized carbons (Fsp3) is 0.333. The summed E-state index contributed by atoms with van der Waals surface area (Å²) >= 11 is 9.06. The highest BCUT2D eigenvalue weighted by Crippen LogP contribution is 2.30. The lowest BCUT2D eigenvalue weighted by Gasteiger charge is -2.20. The van der Waals surface area contributed by atoms with E-state index in [9.17, 15) is 0 Å². The van der Waals surface area contributed by atoms with Gasteiger partial charge in [-0.3, -0.25) is 0 Å². The molecule has 1 heterocycles. The lowest BCUT2D eigenvalue weighted by atomic mass is 10.0. The maximum atomic E-state index is 3.66. The topological polar surface area (TPSA) is 12.0 Å². The highest BCUT2D eigenvalue weighted by Gasteiger charge is 2.14. The Morgan fingerprint density at radius 1 is 1.26 bits per heavy atom. The quantitative estimate of drug-likeness (QED) is 0.667. The summed E-state index contributed by atoms with van der Waals surface area (Å²) < 4.78 is 2.30. The molecule has 1 aromatic heterocycles. The van der Waals surface area contributed by atoms with Crippen LogP contribution in [-0.4, -0.2) is 6.54 Å². The third kappa shape index (κ3) is 4.42. The first-order chi connectivity index (χ1) is 9.20. The minimum Gasteiger partial charge on any atom is -0.310 e. The van der Waals surface area contributed by atoms with Crippen molar-refractivity contribution in [2.75, 3.05) is 6.54 Å². The molecule has 0 saturated carbocycles. The highest BCUT2D eigenvalue weighted by molar-refractivity contribution is 9.11. The molecular formula is C15H17Br2NS. The van der Waals surface area contributed by atoms with Crippen LogP contribution in [0.4, 0.5) is 0 Å². The predicted octanol–water partition coefficient (Wildman–Crippen LogP) is 5.56. The van der Waals surface area contributed by atoms with Gasteiger partial charge >= 0.3 is 0 Å². The first-order valence-corrected chi connectivity index (χ1v) is 8.88. The number of hydrogen-bond donors (Lipinski definition) is 1. The van der Waals surface area contributed by atoms with Crippen molar-refractivity contribution in [2.45, 2.75) is 25.8 Å². The molecule has 4 heteroatoms. The van der Waals surface area contributed by atoms with Gasteiger partial charge in [0, 0.05) is 19.9 Å². The van der Waals surface area contributed by atoms with E-state index in [2.05, 4.69) is 79.8 Å². The number of rotatable bonds is 6. The maximum Gasteiger partial charge on any atom is 0.0335 e. The van der Waals surface area contributed by atoms with Crippen molar-refractivity contribution in [3.05, 3.63) is 55.1 Å². The van der Waals surface area contributed by atoms with E-state index in [4.69, 9.17) is 0 Å². The standard InChI is InChI=1S/C15H17Br2NS/c1-2-18-15(8-6-12-4-3-9-19-12)13-10-11(16)5-7-14(13)17/h3-5,7,9-10,15,18H,2,6,8H2,1H3. The number of benzene rings is 1. The number of thiophene rings is 1. The molecule has 1 unspecified atom stereocenters. The van der Waals surface area contributed by atoms with Crippen molar-refractivity contribution in [2.24, 2.45) is 0 Å². The molecule has 0 aliphatic heterocycles. The molecule has 19 heavy (non-hydrogen) atoms. The van der Waals surface area contributed by atoms with Gasteiger partial charge in [0.15, 0.2) is 0 Å². The normalized spacial score (nSPS) is 12.6. The Kier molecular flexibility index (Phi) is 6.07. The van der Waals surface area contributed by atoms with Crippen LogP contribution in [0.5, 0.6) is 0 Å². The van der Waals surface area contributed by atoms with E-state index >= 15 is 0 Å². The molecule has 0 aliphatic rings. The minimum absolute atomic E-state index is 0.388. The summed E-state index contributed by atoms with van der Waals surface area (Å²) in [4.78, 5) is 1.45. The zero-order valence-electron chi connectivity index (χ0n) is 10.8. The van der Waals surface area contributed by atoms with Gasteiger partial charge in [0.25, 0.3) is 0 Å². The second-order valence-corrected chi connectivity index (χ2v) is 7.20. The van der Waals surface area contributed by atoms with Gasteiger partial charge in [-0.05, 0) is 54.6 Å². The average molecular weight is 403 g/mol. The van der Waals surface area contributed by atoms with Gasteiger partial charge in [0.2, 0.25) is 0 Å². The van der Waals surface area contributed by atoms with Crippen molar-refractivity contribution in [1.82, 2.24) is 5.32 Å². The smallest absolute Gasteiger partial charge is 0.0335 e. The summed E-state index contributed by atoms with van der Waals surface area (Å²) in [5.41, 5.74) is 1.33.